The quantitative estimate of drug-likeness (QED) is 0.773. The number of hydrogen-bond acceptors (Lipinski definition) is 2. The van der Waals surface area contributed by atoms with Crippen LogP contribution in [0.5, 0.6) is 0 Å². The van der Waals surface area contributed by atoms with Crippen molar-refractivity contribution in [1.29, 1.82) is 0 Å². The summed E-state index contributed by atoms with van der Waals surface area (Å²) in [5.74, 6) is 2.25. The third-order valence-electron chi connectivity index (χ3n) is 4.58. The number of piperidine rings is 1. The molecule has 2 nitrogen and oxygen atoms in total. The topological polar surface area (TPSA) is 23.5 Å². The zero-order valence-electron chi connectivity index (χ0n) is 9.99. The highest BCUT2D eigenvalue weighted by Crippen LogP contribution is 2.38. The summed E-state index contributed by atoms with van der Waals surface area (Å²) in [6.45, 7) is 2.89. The Labute approximate surface area is 93.7 Å². The Balaban J connectivity index is 1.88. The van der Waals surface area contributed by atoms with Crippen LogP contribution in [0.25, 0.3) is 0 Å². The molecule has 2 heteroatoms. The Morgan fingerprint density at radius 2 is 1.60 bits per heavy atom. The molecule has 1 atom stereocenters. The van der Waals surface area contributed by atoms with Crippen molar-refractivity contribution in [2.24, 2.45) is 17.8 Å². The van der Waals surface area contributed by atoms with Gasteiger partial charge in [-0.05, 0) is 50.7 Å². The molecular formula is C13H25NO. The minimum Gasteiger partial charge on any atom is -0.396 e. The summed E-state index contributed by atoms with van der Waals surface area (Å²) in [6.07, 6.45) is 8.15. The largest absolute Gasteiger partial charge is 0.396 e. The van der Waals surface area contributed by atoms with Crippen molar-refractivity contribution in [1.82, 2.24) is 4.90 Å². The van der Waals surface area contributed by atoms with E-state index in [0.717, 1.165) is 11.8 Å². The van der Waals surface area contributed by atoms with Gasteiger partial charge in [0, 0.05) is 6.61 Å². The van der Waals surface area contributed by atoms with Crippen molar-refractivity contribution in [3.8, 4) is 0 Å². The maximum atomic E-state index is 9.59. The molecule has 1 saturated carbocycles. The lowest BCUT2D eigenvalue weighted by atomic mass is 9.76. The molecule has 1 N–H and O–H groups in total. The lowest BCUT2D eigenvalue weighted by Crippen LogP contribution is -2.36. The van der Waals surface area contributed by atoms with Gasteiger partial charge in [-0.2, -0.15) is 0 Å². The minimum atomic E-state index is 0.430. The molecule has 0 amide bonds. The average molecular weight is 211 g/mol. The van der Waals surface area contributed by atoms with Crippen LogP contribution >= 0.6 is 0 Å². The fraction of sp³-hybridized carbons (Fsp3) is 1.00. The van der Waals surface area contributed by atoms with E-state index < -0.39 is 0 Å². The molecule has 15 heavy (non-hydrogen) atoms. The molecule has 1 aliphatic carbocycles. The number of rotatable bonds is 3. The number of aliphatic hydroxyl groups is 1. The summed E-state index contributed by atoms with van der Waals surface area (Å²) in [5, 5.41) is 9.59. The van der Waals surface area contributed by atoms with Crippen LogP contribution in [0, 0.1) is 17.8 Å². The standard InChI is InChI=1S/C13H25NO/c1-14-8-6-12(7-9-14)13(10-15)11-4-2-3-5-11/h11-13,15H,2-10H2,1H3. The fourth-order valence-electron chi connectivity index (χ4n) is 3.53. The Hall–Kier alpha value is -0.0800. The maximum Gasteiger partial charge on any atom is 0.0464 e. The van der Waals surface area contributed by atoms with Crippen molar-refractivity contribution >= 4 is 0 Å². The molecule has 2 rings (SSSR count). The Morgan fingerprint density at radius 3 is 2.13 bits per heavy atom. The second-order valence-corrected chi connectivity index (χ2v) is 5.53. The molecule has 2 fully saturated rings. The first-order chi connectivity index (χ1) is 7.31. The van der Waals surface area contributed by atoms with E-state index in [1.54, 1.807) is 0 Å². The lowest BCUT2D eigenvalue weighted by molar-refractivity contribution is 0.0799. The molecule has 0 bridgehead atoms. The first kappa shape index (κ1) is 11.4. The molecule has 0 spiro atoms. The Kier molecular flexibility index (Phi) is 4.04. The zero-order valence-corrected chi connectivity index (χ0v) is 9.99. The van der Waals surface area contributed by atoms with Crippen LogP contribution in [0.3, 0.4) is 0 Å². The van der Waals surface area contributed by atoms with Gasteiger partial charge in [-0.15, -0.1) is 0 Å². The van der Waals surface area contributed by atoms with E-state index in [-0.39, 0.29) is 0 Å². The summed E-state index contributed by atoms with van der Waals surface area (Å²) in [7, 11) is 2.21. The van der Waals surface area contributed by atoms with Gasteiger partial charge >= 0.3 is 0 Å². The molecule has 1 saturated heterocycles. The maximum absolute atomic E-state index is 9.59. The predicted molar refractivity (Wildman–Crippen MR) is 62.8 cm³/mol. The second kappa shape index (κ2) is 5.31. The zero-order chi connectivity index (χ0) is 10.7. The van der Waals surface area contributed by atoms with Gasteiger partial charge < -0.3 is 10.0 Å². The normalized spacial score (nSPS) is 28.4. The predicted octanol–water partition coefficient (Wildman–Crippen LogP) is 2.13. The number of aliphatic hydroxyl groups excluding tert-OH is 1. The smallest absolute Gasteiger partial charge is 0.0464 e. The third kappa shape index (κ3) is 2.73. The highest BCUT2D eigenvalue weighted by Gasteiger charge is 2.32. The lowest BCUT2D eigenvalue weighted by Gasteiger charge is -2.36. The van der Waals surface area contributed by atoms with Crippen LogP contribution in [0.15, 0.2) is 0 Å². The minimum absolute atomic E-state index is 0.430. The van der Waals surface area contributed by atoms with Crippen molar-refractivity contribution in [3.05, 3.63) is 0 Å². The van der Waals surface area contributed by atoms with Gasteiger partial charge in [0.25, 0.3) is 0 Å². The molecule has 0 radical (unpaired) electrons. The van der Waals surface area contributed by atoms with Crippen LogP contribution in [0.2, 0.25) is 0 Å². The molecule has 2 aliphatic rings. The van der Waals surface area contributed by atoms with Crippen molar-refractivity contribution in [2.75, 3.05) is 26.7 Å². The number of nitrogens with zero attached hydrogens (tertiary/aromatic N) is 1. The van der Waals surface area contributed by atoms with Crippen LogP contribution in [-0.4, -0.2) is 36.8 Å². The Morgan fingerprint density at radius 1 is 1.07 bits per heavy atom. The summed E-state index contributed by atoms with van der Waals surface area (Å²) in [5.41, 5.74) is 0. The van der Waals surface area contributed by atoms with Gasteiger partial charge in [0.1, 0.15) is 0 Å². The van der Waals surface area contributed by atoms with E-state index in [0.29, 0.717) is 12.5 Å². The van der Waals surface area contributed by atoms with Crippen molar-refractivity contribution in [2.45, 2.75) is 38.5 Å². The summed E-state index contributed by atoms with van der Waals surface area (Å²) < 4.78 is 0. The molecular weight excluding hydrogens is 186 g/mol. The third-order valence-corrected chi connectivity index (χ3v) is 4.58. The van der Waals surface area contributed by atoms with Crippen LogP contribution in [-0.2, 0) is 0 Å². The van der Waals surface area contributed by atoms with Crippen molar-refractivity contribution < 1.29 is 5.11 Å². The van der Waals surface area contributed by atoms with E-state index in [1.165, 1.54) is 51.6 Å². The van der Waals surface area contributed by atoms with Gasteiger partial charge in [0.15, 0.2) is 0 Å². The van der Waals surface area contributed by atoms with Crippen molar-refractivity contribution in [3.63, 3.8) is 0 Å². The summed E-state index contributed by atoms with van der Waals surface area (Å²) in [6, 6.07) is 0. The average Bonchev–Trinajstić information content (AvgIpc) is 2.75. The number of hydrogen-bond donors (Lipinski definition) is 1. The van der Waals surface area contributed by atoms with E-state index in [9.17, 15) is 5.11 Å². The summed E-state index contributed by atoms with van der Waals surface area (Å²) >= 11 is 0. The molecule has 0 aromatic carbocycles. The van der Waals surface area contributed by atoms with Gasteiger partial charge in [-0.1, -0.05) is 25.7 Å². The van der Waals surface area contributed by atoms with Crippen LogP contribution in [0.1, 0.15) is 38.5 Å². The van der Waals surface area contributed by atoms with Gasteiger partial charge in [-0.25, -0.2) is 0 Å². The Bertz CT molecular complexity index is 181. The molecule has 1 unspecified atom stereocenters. The first-order valence-corrected chi connectivity index (χ1v) is 6.60. The molecule has 1 heterocycles. The van der Waals surface area contributed by atoms with Gasteiger partial charge in [-0.3, -0.25) is 0 Å². The van der Waals surface area contributed by atoms with Gasteiger partial charge in [0.05, 0.1) is 0 Å². The second-order valence-electron chi connectivity index (χ2n) is 5.53. The highest BCUT2D eigenvalue weighted by atomic mass is 16.3. The summed E-state index contributed by atoms with van der Waals surface area (Å²) in [4.78, 5) is 2.42. The van der Waals surface area contributed by atoms with E-state index in [2.05, 4.69) is 11.9 Å². The van der Waals surface area contributed by atoms with Crippen LogP contribution in [0.4, 0.5) is 0 Å². The van der Waals surface area contributed by atoms with Gasteiger partial charge in [0.2, 0.25) is 0 Å². The molecule has 1 aliphatic heterocycles. The SMILES string of the molecule is CN1CCC(C(CO)C2CCCC2)CC1. The van der Waals surface area contributed by atoms with Crippen LogP contribution < -0.4 is 0 Å². The first-order valence-electron chi connectivity index (χ1n) is 6.60. The number of likely N-dealkylation sites (tertiary alicyclic amines) is 1. The van der Waals surface area contributed by atoms with E-state index in [4.69, 9.17) is 0 Å². The molecule has 0 aromatic rings. The molecule has 88 valence electrons. The monoisotopic (exact) mass is 211 g/mol. The fourth-order valence-corrected chi connectivity index (χ4v) is 3.53. The van der Waals surface area contributed by atoms with E-state index in [1.807, 2.05) is 0 Å². The molecule has 0 aromatic heterocycles. The highest BCUT2D eigenvalue weighted by molar-refractivity contribution is 4.83. The van der Waals surface area contributed by atoms with E-state index >= 15 is 0 Å².